The largest absolute Gasteiger partial charge is 0.387 e. The lowest BCUT2D eigenvalue weighted by atomic mass is 9.82. The summed E-state index contributed by atoms with van der Waals surface area (Å²) in [6.07, 6.45) is 2.42. The summed E-state index contributed by atoms with van der Waals surface area (Å²) in [7, 11) is 2.80. The molecule has 436 valence electrons. The van der Waals surface area contributed by atoms with Gasteiger partial charge in [0, 0.05) is 75.5 Å². The zero-order chi connectivity index (χ0) is 59.3. The predicted molar refractivity (Wildman–Crippen MR) is 284 cm³/mol. The fraction of sp³-hybridized carbons (Fsp3) is 0.481. The number of primary amides is 1. The van der Waals surface area contributed by atoms with Crippen LogP contribution >= 0.6 is 0 Å². The van der Waals surface area contributed by atoms with E-state index < -0.39 is 126 Å². The molecule has 0 radical (unpaired) electrons. The summed E-state index contributed by atoms with van der Waals surface area (Å²) in [6.45, 7) is 6.49. The maximum Gasteiger partial charge on any atom is 0.254 e. The minimum atomic E-state index is -1.71. The number of aromatic nitrogens is 1. The van der Waals surface area contributed by atoms with Crippen molar-refractivity contribution in [1.29, 1.82) is 0 Å². The Morgan fingerprint density at radius 2 is 1.44 bits per heavy atom. The van der Waals surface area contributed by atoms with Crippen molar-refractivity contribution in [3.63, 3.8) is 0 Å². The van der Waals surface area contributed by atoms with Crippen LogP contribution in [-0.4, -0.2) is 188 Å². The molecule has 10 amide bonds. The van der Waals surface area contributed by atoms with Gasteiger partial charge in [0.1, 0.15) is 55.6 Å². The third-order valence-electron chi connectivity index (χ3n) is 12.6. The monoisotopic (exact) mass is 1120 g/mol. The molecule has 2 aromatic carbocycles. The number of nitrogens with zero attached hydrogens (tertiary/aromatic N) is 4. The van der Waals surface area contributed by atoms with Gasteiger partial charge in [-0.3, -0.25) is 52.8 Å². The van der Waals surface area contributed by atoms with Gasteiger partial charge in [0.05, 0.1) is 38.9 Å². The van der Waals surface area contributed by atoms with Gasteiger partial charge in [-0.25, -0.2) is 8.78 Å². The molecule has 1 aromatic heterocycles. The van der Waals surface area contributed by atoms with Crippen molar-refractivity contribution in [1.82, 2.24) is 45.9 Å². The quantitative estimate of drug-likeness (QED) is 0.0315. The molecule has 0 bridgehead atoms. The number of methoxy groups -OCH3 is 1. The molecule has 0 spiro atoms. The summed E-state index contributed by atoms with van der Waals surface area (Å²) >= 11 is 0. The van der Waals surface area contributed by atoms with E-state index in [-0.39, 0.29) is 63.5 Å². The Kier molecular flexibility index (Phi) is 25.0. The maximum absolute atomic E-state index is 15.4. The molecule has 0 saturated carbocycles. The van der Waals surface area contributed by atoms with Gasteiger partial charge in [-0.1, -0.05) is 51.1 Å². The van der Waals surface area contributed by atoms with E-state index in [0.717, 1.165) is 40.8 Å². The highest BCUT2D eigenvalue weighted by Gasteiger charge is 2.39. The molecule has 8 N–H and O–H groups in total. The fourth-order valence-corrected chi connectivity index (χ4v) is 8.43. The van der Waals surface area contributed by atoms with Crippen molar-refractivity contribution >= 4 is 59.1 Å². The zero-order valence-electron chi connectivity index (χ0n) is 45.9. The van der Waals surface area contributed by atoms with Crippen LogP contribution in [0.25, 0.3) is 11.1 Å². The van der Waals surface area contributed by atoms with Crippen LogP contribution in [0, 0.1) is 17.0 Å². The average Bonchev–Trinajstić information content (AvgIpc) is 4.01. The highest BCUT2D eigenvalue weighted by atomic mass is 19.1. The summed E-state index contributed by atoms with van der Waals surface area (Å²) in [4.78, 5) is 134. The lowest BCUT2D eigenvalue weighted by Gasteiger charge is -2.41. The first-order valence-corrected chi connectivity index (χ1v) is 25.6. The Hall–Kier alpha value is -7.94. The van der Waals surface area contributed by atoms with Gasteiger partial charge in [-0.2, -0.15) is 0 Å². The Balaban J connectivity index is 1.57. The molecule has 1 aliphatic rings. The first-order chi connectivity index (χ1) is 37.9. The van der Waals surface area contributed by atoms with Gasteiger partial charge in [0.2, 0.25) is 47.3 Å². The van der Waals surface area contributed by atoms with Crippen molar-refractivity contribution < 1.29 is 76.0 Å². The molecule has 1 aliphatic heterocycles. The highest BCUT2D eigenvalue weighted by molar-refractivity contribution is 6.14. The molecule has 5 atom stereocenters. The van der Waals surface area contributed by atoms with Gasteiger partial charge in [-0.05, 0) is 55.5 Å². The standard InChI is InChI=1S/C54H72F2N10O14/c1-33(60-45(70)32-80-24-23-79-22-21-78-7)53(77)63(6)34(2)51(75)62-41(50(57)74)27-43(68)61-40(52(76)59-19-18-58-44(69)30-66-46(71)15-16-47(66)72)17-20-65(48(73)31-67)49(54(3,4)5)42-25-36(38-26-37(55)13-14-39(38)56)29-64(42)28-35-11-9-8-10-12-35/h8-16,25-26,29,33-34,40-41,49,67H,17-24,27-28,30-32H2,1-7H3,(H2,57,74)(H,58,69)(H,59,76)(H,60,70)(H,61,68)(H,62,75)/t33-,34-,40-,41-,49-/m0/s1. The van der Waals surface area contributed by atoms with E-state index in [1.54, 1.807) is 37.6 Å². The molecule has 3 aromatic rings. The SMILES string of the molecule is COCCOCCOCC(=O)N[C@@H](C)C(=O)N(C)[C@@H](C)C(=O)N[C@@H](CC(=O)N[C@@H](CCN(C(=O)CO)[C@@H](c1cc(-c2cc(F)ccc2F)cn1Cc1ccccc1)C(C)(C)C)C(=O)NCCNC(=O)CN1C(=O)C=CC1=O)C(N)=O. The summed E-state index contributed by atoms with van der Waals surface area (Å²) in [5.74, 6) is -9.63. The van der Waals surface area contributed by atoms with Gasteiger partial charge in [0.25, 0.3) is 11.8 Å². The Bertz CT molecular complexity index is 2700. The molecule has 24 nitrogen and oxygen atoms in total. The van der Waals surface area contributed by atoms with Crippen molar-refractivity contribution in [2.24, 2.45) is 11.1 Å². The van der Waals surface area contributed by atoms with E-state index >= 15 is 4.39 Å². The zero-order valence-corrected chi connectivity index (χ0v) is 45.9. The number of imide groups is 1. The molecular formula is C54H72F2N10O14. The first kappa shape index (κ1) is 64.6. The minimum Gasteiger partial charge on any atom is -0.387 e. The lowest BCUT2D eigenvalue weighted by molar-refractivity contribution is -0.142. The molecule has 26 heteroatoms. The molecule has 0 saturated heterocycles. The summed E-state index contributed by atoms with van der Waals surface area (Å²) < 4.78 is 47.2. The number of hydrogen-bond donors (Lipinski definition) is 7. The Labute approximate surface area is 462 Å². The number of carbonyl (C=O) groups excluding carboxylic acids is 10. The lowest BCUT2D eigenvalue weighted by Crippen LogP contribution is -2.56. The van der Waals surface area contributed by atoms with Crippen LogP contribution in [-0.2, 0) is 68.7 Å². The molecule has 4 rings (SSSR count). The van der Waals surface area contributed by atoms with Crippen LogP contribution in [0.2, 0.25) is 0 Å². The van der Waals surface area contributed by atoms with Crippen LogP contribution in [0.4, 0.5) is 8.78 Å². The van der Waals surface area contributed by atoms with Gasteiger partial charge < -0.3 is 66.0 Å². The molecule has 0 aliphatic carbocycles. The summed E-state index contributed by atoms with van der Waals surface area (Å²) in [6, 6.07) is 7.12. The number of halogens is 2. The summed E-state index contributed by atoms with van der Waals surface area (Å²) in [5, 5.41) is 22.9. The van der Waals surface area contributed by atoms with E-state index in [1.165, 1.54) is 32.9 Å². The van der Waals surface area contributed by atoms with Crippen LogP contribution in [0.3, 0.4) is 0 Å². The smallest absolute Gasteiger partial charge is 0.254 e. The molecule has 0 unspecified atom stereocenters. The first-order valence-electron chi connectivity index (χ1n) is 25.6. The van der Waals surface area contributed by atoms with Crippen molar-refractivity contribution in [2.75, 3.05) is 80.0 Å². The Morgan fingerprint density at radius 3 is 2.08 bits per heavy atom. The predicted octanol–water partition coefficient (Wildman–Crippen LogP) is -0.187. The number of nitrogens with two attached hydrogens (primary N) is 1. The van der Waals surface area contributed by atoms with Crippen molar-refractivity contribution in [3.05, 3.63) is 95.8 Å². The normalized spacial score (nSPS) is 14.1. The molecule has 2 heterocycles. The maximum atomic E-state index is 15.4. The number of aliphatic hydroxyl groups is 1. The fourth-order valence-electron chi connectivity index (χ4n) is 8.43. The number of amides is 10. The molecule has 0 fully saturated rings. The van der Waals surface area contributed by atoms with E-state index in [0.29, 0.717) is 23.8 Å². The number of aliphatic hydroxyl groups excluding tert-OH is 1. The van der Waals surface area contributed by atoms with Crippen molar-refractivity contribution in [2.45, 2.75) is 84.2 Å². The third-order valence-corrected chi connectivity index (χ3v) is 12.6. The van der Waals surface area contributed by atoms with E-state index in [1.807, 2.05) is 30.3 Å². The number of rotatable bonds is 32. The van der Waals surface area contributed by atoms with Gasteiger partial charge >= 0.3 is 0 Å². The van der Waals surface area contributed by atoms with Gasteiger partial charge in [0.15, 0.2) is 0 Å². The van der Waals surface area contributed by atoms with Crippen LogP contribution in [0.1, 0.15) is 64.8 Å². The van der Waals surface area contributed by atoms with Crippen molar-refractivity contribution in [3.8, 4) is 11.1 Å². The number of likely N-dealkylation sites (N-methyl/N-ethyl adjacent to an activating group) is 1. The second kappa shape index (κ2) is 31.0. The number of carbonyl (C=O) groups is 10. The van der Waals surface area contributed by atoms with E-state index in [9.17, 15) is 57.4 Å². The number of nitrogens with one attached hydrogen (secondary N) is 5. The topological polar surface area (TPSA) is 319 Å². The van der Waals surface area contributed by atoms with Crippen LogP contribution in [0.15, 0.2) is 72.9 Å². The number of hydrogen-bond acceptors (Lipinski definition) is 14. The van der Waals surface area contributed by atoms with E-state index in [4.69, 9.17) is 19.9 Å². The highest BCUT2D eigenvalue weighted by Crippen LogP contribution is 2.41. The number of ether oxygens (including phenoxy) is 3. The average molecular weight is 1120 g/mol. The van der Waals surface area contributed by atoms with E-state index in [2.05, 4.69) is 26.6 Å². The second-order valence-electron chi connectivity index (χ2n) is 19.8. The minimum absolute atomic E-state index is 0.0637. The summed E-state index contributed by atoms with van der Waals surface area (Å²) in [5.41, 5.74) is 6.21. The van der Waals surface area contributed by atoms with Gasteiger partial charge in [-0.15, -0.1) is 0 Å². The molecular weight excluding hydrogens is 1050 g/mol. The molecule has 80 heavy (non-hydrogen) atoms. The van der Waals surface area contributed by atoms with Crippen LogP contribution in [0.5, 0.6) is 0 Å². The Morgan fingerprint density at radius 1 is 0.787 bits per heavy atom. The third kappa shape index (κ3) is 19.5. The van der Waals surface area contributed by atoms with Crippen LogP contribution < -0.4 is 32.3 Å². The second-order valence-corrected chi connectivity index (χ2v) is 19.8. The number of benzene rings is 2.